The third-order valence-electron chi connectivity index (χ3n) is 5.41. The lowest BCUT2D eigenvalue weighted by atomic mass is 10.1. The van der Waals surface area contributed by atoms with E-state index in [0.29, 0.717) is 17.3 Å². The number of amides is 2. The lowest BCUT2D eigenvalue weighted by Gasteiger charge is -2.29. The van der Waals surface area contributed by atoms with Crippen LogP contribution < -0.4 is 10.1 Å². The van der Waals surface area contributed by atoms with Crippen LogP contribution in [0.3, 0.4) is 0 Å². The zero-order valence-corrected chi connectivity index (χ0v) is 20.0. The molecular weight excluding hydrogens is 412 g/mol. The Labute approximate surface area is 190 Å². The van der Waals surface area contributed by atoms with Gasteiger partial charge in [0.25, 0.3) is 5.91 Å². The second-order valence-electron chi connectivity index (χ2n) is 8.16. The van der Waals surface area contributed by atoms with Crippen LogP contribution in [-0.4, -0.2) is 35.4 Å². The highest BCUT2D eigenvalue weighted by molar-refractivity contribution is 6.32. The number of carbonyl (C=O) groups excluding carboxylic acids is 2. The van der Waals surface area contributed by atoms with Gasteiger partial charge in [0.2, 0.25) is 5.91 Å². The molecule has 0 spiro atoms. The van der Waals surface area contributed by atoms with Crippen molar-refractivity contribution in [3.63, 3.8) is 0 Å². The zero-order valence-electron chi connectivity index (χ0n) is 19.3. The van der Waals surface area contributed by atoms with Crippen LogP contribution in [0.4, 0.5) is 0 Å². The van der Waals surface area contributed by atoms with E-state index < -0.39 is 6.04 Å². The molecule has 0 aliphatic heterocycles. The highest BCUT2D eigenvalue weighted by Gasteiger charge is 2.27. The molecule has 31 heavy (non-hydrogen) atoms. The summed E-state index contributed by atoms with van der Waals surface area (Å²) in [6.45, 7) is 11.7. The average molecular weight is 445 g/mol. The van der Waals surface area contributed by atoms with Crippen LogP contribution in [-0.2, 0) is 16.1 Å². The van der Waals surface area contributed by atoms with Crippen molar-refractivity contribution in [1.29, 1.82) is 0 Å². The molecule has 5 nitrogen and oxygen atoms in total. The molecule has 168 valence electrons. The first-order valence-corrected chi connectivity index (χ1v) is 11.0. The van der Waals surface area contributed by atoms with Gasteiger partial charge in [0.15, 0.2) is 6.61 Å². The van der Waals surface area contributed by atoms with E-state index in [1.165, 1.54) is 0 Å². The molecule has 1 N–H and O–H groups in total. The zero-order chi connectivity index (χ0) is 23.1. The molecule has 0 heterocycles. The molecule has 0 fully saturated rings. The van der Waals surface area contributed by atoms with Gasteiger partial charge in [-0.1, -0.05) is 48.4 Å². The van der Waals surface area contributed by atoms with Crippen LogP contribution in [0.1, 0.15) is 49.4 Å². The van der Waals surface area contributed by atoms with Crippen molar-refractivity contribution in [3.05, 3.63) is 63.7 Å². The number of benzene rings is 2. The fraction of sp³-hybridized carbons (Fsp3) is 0.440. The number of rotatable bonds is 9. The molecular formula is C25H33ClN2O3. The molecule has 2 rings (SSSR count). The molecule has 0 aromatic heterocycles. The first kappa shape index (κ1) is 24.7. The molecule has 0 aliphatic rings. The van der Waals surface area contributed by atoms with Gasteiger partial charge in [-0.2, -0.15) is 0 Å². The topological polar surface area (TPSA) is 58.6 Å². The minimum Gasteiger partial charge on any atom is -0.484 e. The maximum atomic E-state index is 13.1. The number of nitrogens with zero attached hydrogens (tertiary/aromatic N) is 1. The first-order valence-electron chi connectivity index (χ1n) is 10.7. The SMILES string of the molecule is CC[C@H](C)NC(=O)[C@H](C)N(Cc1ccc(C)cc1)C(=O)COc1cc(C)c(Cl)c(C)c1. The van der Waals surface area contributed by atoms with Gasteiger partial charge in [-0.15, -0.1) is 0 Å². The van der Waals surface area contributed by atoms with Gasteiger partial charge in [-0.05, 0) is 69.9 Å². The molecule has 0 unspecified atom stereocenters. The maximum Gasteiger partial charge on any atom is 0.261 e. The Kier molecular flexibility index (Phi) is 8.93. The van der Waals surface area contributed by atoms with Crippen molar-refractivity contribution < 1.29 is 14.3 Å². The molecule has 6 heteroatoms. The summed E-state index contributed by atoms with van der Waals surface area (Å²) in [5.74, 6) is 0.158. The Balaban J connectivity index is 2.18. The van der Waals surface area contributed by atoms with Crippen molar-refractivity contribution in [2.75, 3.05) is 6.61 Å². The Bertz CT molecular complexity index is 888. The molecule has 2 atom stereocenters. The van der Waals surface area contributed by atoms with Crippen LogP contribution in [0.25, 0.3) is 0 Å². The maximum absolute atomic E-state index is 13.1. The van der Waals surface area contributed by atoms with Crippen molar-refractivity contribution in [1.82, 2.24) is 10.2 Å². The summed E-state index contributed by atoms with van der Waals surface area (Å²) in [4.78, 5) is 27.4. The largest absolute Gasteiger partial charge is 0.484 e. The Morgan fingerprint density at radius 2 is 1.65 bits per heavy atom. The first-order chi connectivity index (χ1) is 14.6. The second kappa shape index (κ2) is 11.2. The summed E-state index contributed by atoms with van der Waals surface area (Å²) >= 11 is 6.22. The molecule has 0 aliphatic carbocycles. The molecule has 2 aromatic rings. The number of ether oxygens (including phenoxy) is 1. The molecule has 0 bridgehead atoms. The summed E-state index contributed by atoms with van der Waals surface area (Å²) in [7, 11) is 0. The van der Waals surface area contributed by atoms with E-state index in [9.17, 15) is 9.59 Å². The predicted molar refractivity (Wildman–Crippen MR) is 126 cm³/mol. The Hall–Kier alpha value is -2.53. The van der Waals surface area contributed by atoms with Crippen molar-refractivity contribution >= 4 is 23.4 Å². The highest BCUT2D eigenvalue weighted by atomic mass is 35.5. The number of nitrogens with one attached hydrogen (secondary N) is 1. The normalized spacial score (nSPS) is 12.7. The number of carbonyl (C=O) groups is 2. The minimum absolute atomic E-state index is 0.0440. The summed E-state index contributed by atoms with van der Waals surface area (Å²) < 4.78 is 5.77. The number of hydrogen-bond acceptors (Lipinski definition) is 3. The molecule has 0 saturated heterocycles. The van der Waals surface area contributed by atoms with E-state index in [1.807, 2.05) is 71.0 Å². The van der Waals surface area contributed by atoms with E-state index in [2.05, 4.69) is 5.32 Å². The van der Waals surface area contributed by atoms with E-state index in [0.717, 1.165) is 28.7 Å². The fourth-order valence-electron chi connectivity index (χ4n) is 3.16. The summed E-state index contributed by atoms with van der Waals surface area (Å²) in [6.07, 6.45) is 0.822. The number of halogens is 1. The summed E-state index contributed by atoms with van der Waals surface area (Å²) in [6, 6.07) is 11.0. The second-order valence-corrected chi connectivity index (χ2v) is 8.54. The van der Waals surface area contributed by atoms with Gasteiger partial charge in [0, 0.05) is 17.6 Å². The molecule has 2 aromatic carbocycles. The Morgan fingerprint density at radius 1 is 1.06 bits per heavy atom. The molecule has 2 amide bonds. The van der Waals surface area contributed by atoms with Crippen LogP contribution in [0, 0.1) is 20.8 Å². The standard InChI is InChI=1S/C25H33ClN2O3/c1-7-19(5)27-25(30)20(6)28(14-21-10-8-16(2)9-11-21)23(29)15-31-22-12-17(3)24(26)18(4)13-22/h8-13,19-20H,7,14-15H2,1-6H3,(H,27,30)/t19-,20-/m0/s1. The van der Waals surface area contributed by atoms with Gasteiger partial charge in [-0.25, -0.2) is 0 Å². The average Bonchev–Trinajstić information content (AvgIpc) is 2.74. The van der Waals surface area contributed by atoms with Crippen molar-refractivity contribution in [2.24, 2.45) is 0 Å². The third-order valence-corrected chi connectivity index (χ3v) is 6.01. The number of aryl methyl sites for hydroxylation is 3. The van der Waals surface area contributed by atoms with E-state index in [4.69, 9.17) is 16.3 Å². The number of hydrogen-bond donors (Lipinski definition) is 1. The molecule has 0 radical (unpaired) electrons. The smallest absolute Gasteiger partial charge is 0.261 e. The van der Waals surface area contributed by atoms with Crippen LogP contribution in [0.5, 0.6) is 5.75 Å². The quantitative estimate of drug-likeness (QED) is 0.593. The fourth-order valence-corrected chi connectivity index (χ4v) is 3.26. The summed E-state index contributed by atoms with van der Waals surface area (Å²) in [5.41, 5.74) is 3.88. The minimum atomic E-state index is -0.625. The summed E-state index contributed by atoms with van der Waals surface area (Å²) in [5, 5.41) is 3.66. The van der Waals surface area contributed by atoms with Crippen LogP contribution in [0.15, 0.2) is 36.4 Å². The monoisotopic (exact) mass is 444 g/mol. The van der Waals surface area contributed by atoms with Gasteiger partial charge in [0.05, 0.1) is 0 Å². The predicted octanol–water partition coefficient (Wildman–Crippen LogP) is 4.98. The lowest BCUT2D eigenvalue weighted by Crippen LogP contribution is -2.50. The Morgan fingerprint density at radius 3 is 2.19 bits per heavy atom. The van der Waals surface area contributed by atoms with Crippen LogP contribution >= 0.6 is 11.6 Å². The van der Waals surface area contributed by atoms with Gasteiger partial charge >= 0.3 is 0 Å². The van der Waals surface area contributed by atoms with Gasteiger partial charge < -0.3 is 15.0 Å². The van der Waals surface area contributed by atoms with E-state index in [1.54, 1.807) is 11.8 Å². The highest BCUT2D eigenvalue weighted by Crippen LogP contribution is 2.26. The van der Waals surface area contributed by atoms with Crippen LogP contribution in [0.2, 0.25) is 5.02 Å². The van der Waals surface area contributed by atoms with E-state index >= 15 is 0 Å². The van der Waals surface area contributed by atoms with Gasteiger partial charge in [0.1, 0.15) is 11.8 Å². The third kappa shape index (κ3) is 7.00. The lowest BCUT2D eigenvalue weighted by molar-refractivity contribution is -0.142. The van der Waals surface area contributed by atoms with Crippen molar-refractivity contribution in [2.45, 2.75) is 66.6 Å². The molecule has 0 saturated carbocycles. The van der Waals surface area contributed by atoms with Crippen molar-refractivity contribution in [3.8, 4) is 5.75 Å². The van der Waals surface area contributed by atoms with Gasteiger partial charge in [-0.3, -0.25) is 9.59 Å². The van der Waals surface area contributed by atoms with E-state index in [-0.39, 0.29) is 24.5 Å².